The van der Waals surface area contributed by atoms with Gasteiger partial charge in [0, 0.05) is 31.7 Å². The van der Waals surface area contributed by atoms with Gasteiger partial charge in [-0.05, 0) is 32.1 Å². The number of carbonyl (C=O) groups excluding carboxylic acids is 2. The molecule has 0 N–H and O–H groups in total. The minimum absolute atomic E-state index is 0.0665. The topological polar surface area (TPSA) is 37.4 Å². The molecular weight excluding hydrogens is 252 g/mol. The Morgan fingerprint density at radius 1 is 1.00 bits per heavy atom. The van der Waals surface area contributed by atoms with E-state index in [1.54, 1.807) is 4.90 Å². The second kappa shape index (κ2) is 5.47. The number of fused-ring (bicyclic) bond motifs is 1. The van der Waals surface area contributed by atoms with Gasteiger partial charge in [0.15, 0.2) is 0 Å². The summed E-state index contributed by atoms with van der Waals surface area (Å²) in [5.74, 6) is 0.661. The van der Waals surface area contributed by atoms with E-state index in [-0.39, 0.29) is 11.8 Å². The molecule has 4 heteroatoms. The van der Waals surface area contributed by atoms with E-state index in [0.717, 1.165) is 6.42 Å². The third-order valence-electron chi connectivity index (χ3n) is 5.81. The molecular formula is C16H27N2O2+. The van der Waals surface area contributed by atoms with Crippen LogP contribution in [0.2, 0.25) is 0 Å². The summed E-state index contributed by atoms with van der Waals surface area (Å²) in [6.07, 6.45) is 8.24. The number of hydrogen-bond acceptors (Lipinski definition) is 2. The average Bonchev–Trinajstić information content (AvgIpc) is 2.42. The molecule has 1 unspecified atom stereocenters. The molecule has 3 fully saturated rings. The average molecular weight is 279 g/mol. The number of hydrogen-bond donors (Lipinski definition) is 0. The van der Waals surface area contributed by atoms with Crippen molar-refractivity contribution < 1.29 is 14.1 Å². The Balaban J connectivity index is 1.72. The van der Waals surface area contributed by atoms with E-state index >= 15 is 0 Å². The lowest BCUT2D eigenvalue weighted by Crippen LogP contribution is -2.62. The van der Waals surface area contributed by atoms with Crippen LogP contribution in [-0.2, 0) is 9.59 Å². The van der Waals surface area contributed by atoms with Gasteiger partial charge in [0.25, 0.3) is 0 Å². The summed E-state index contributed by atoms with van der Waals surface area (Å²) in [7, 11) is 2.38. The first-order chi connectivity index (χ1) is 9.60. The largest absolute Gasteiger partial charge is 0.323 e. The first-order valence-corrected chi connectivity index (χ1v) is 8.27. The van der Waals surface area contributed by atoms with Crippen LogP contribution in [0, 0.1) is 5.92 Å². The van der Waals surface area contributed by atoms with Crippen molar-refractivity contribution in [2.45, 2.75) is 57.4 Å². The van der Waals surface area contributed by atoms with Crippen LogP contribution in [0.3, 0.4) is 0 Å². The van der Waals surface area contributed by atoms with E-state index in [0.29, 0.717) is 31.3 Å². The first-order valence-electron chi connectivity index (χ1n) is 8.27. The Hall–Kier alpha value is -0.900. The Labute approximate surface area is 121 Å². The maximum absolute atomic E-state index is 12.0. The van der Waals surface area contributed by atoms with Crippen molar-refractivity contribution in [2.75, 3.05) is 26.7 Å². The summed E-state index contributed by atoms with van der Waals surface area (Å²) in [6, 6.07) is 0.667. The number of amides is 2. The number of rotatable bonds is 2. The highest BCUT2D eigenvalue weighted by atomic mass is 16.2. The lowest BCUT2D eigenvalue weighted by molar-refractivity contribution is -0.947. The summed E-state index contributed by atoms with van der Waals surface area (Å²) >= 11 is 0. The highest BCUT2D eigenvalue weighted by Crippen LogP contribution is 2.36. The van der Waals surface area contributed by atoms with Gasteiger partial charge < -0.3 is 4.48 Å². The molecule has 2 amide bonds. The van der Waals surface area contributed by atoms with Crippen LogP contribution in [0.4, 0.5) is 0 Å². The second-order valence-electron chi connectivity index (χ2n) is 7.14. The fourth-order valence-electron chi connectivity index (χ4n) is 4.68. The quantitative estimate of drug-likeness (QED) is 0.572. The molecule has 4 nitrogen and oxygen atoms in total. The van der Waals surface area contributed by atoms with Crippen molar-refractivity contribution in [3.05, 3.63) is 0 Å². The summed E-state index contributed by atoms with van der Waals surface area (Å²) in [5, 5.41) is 0. The fourth-order valence-corrected chi connectivity index (χ4v) is 4.68. The molecule has 3 saturated heterocycles. The van der Waals surface area contributed by atoms with E-state index in [4.69, 9.17) is 0 Å². The van der Waals surface area contributed by atoms with Gasteiger partial charge in [-0.2, -0.15) is 0 Å². The maximum atomic E-state index is 12.0. The van der Waals surface area contributed by atoms with Crippen LogP contribution in [0.25, 0.3) is 0 Å². The number of piperidine rings is 3. The highest BCUT2D eigenvalue weighted by Gasteiger charge is 2.45. The zero-order valence-electron chi connectivity index (χ0n) is 12.6. The third kappa shape index (κ3) is 2.50. The van der Waals surface area contributed by atoms with Gasteiger partial charge in [-0.15, -0.1) is 0 Å². The molecule has 3 atom stereocenters. The molecule has 0 aromatic heterocycles. The number of quaternary nitrogens is 1. The van der Waals surface area contributed by atoms with Gasteiger partial charge in [0.2, 0.25) is 11.8 Å². The molecule has 0 radical (unpaired) electrons. The van der Waals surface area contributed by atoms with Gasteiger partial charge in [0.05, 0.1) is 26.2 Å². The van der Waals surface area contributed by atoms with Crippen molar-refractivity contribution >= 4 is 11.8 Å². The zero-order valence-corrected chi connectivity index (χ0v) is 12.6. The monoisotopic (exact) mass is 279 g/mol. The molecule has 3 aliphatic rings. The SMILES string of the molecule is C[N+]12CCCC[C@@H]1[C@H](CN1C(=O)CCCC1=O)CCC2. The Bertz CT molecular complexity index is 389. The Morgan fingerprint density at radius 2 is 1.70 bits per heavy atom. The summed E-state index contributed by atoms with van der Waals surface area (Å²) in [6.45, 7) is 3.25. The summed E-state index contributed by atoms with van der Waals surface area (Å²) in [4.78, 5) is 25.6. The number of imide groups is 1. The van der Waals surface area contributed by atoms with Gasteiger partial charge >= 0.3 is 0 Å². The van der Waals surface area contributed by atoms with Gasteiger partial charge in [-0.3, -0.25) is 14.5 Å². The van der Waals surface area contributed by atoms with Crippen LogP contribution < -0.4 is 0 Å². The van der Waals surface area contributed by atoms with E-state index in [1.165, 1.54) is 49.7 Å². The number of nitrogens with zero attached hydrogens (tertiary/aromatic N) is 2. The molecule has 0 bridgehead atoms. The molecule has 20 heavy (non-hydrogen) atoms. The molecule has 3 heterocycles. The molecule has 3 rings (SSSR count). The first kappa shape index (κ1) is 14.1. The van der Waals surface area contributed by atoms with Crippen LogP contribution in [0.5, 0.6) is 0 Å². The minimum atomic E-state index is 0.0665. The number of carbonyl (C=O) groups is 2. The van der Waals surface area contributed by atoms with E-state index in [9.17, 15) is 9.59 Å². The smallest absolute Gasteiger partial charge is 0.229 e. The van der Waals surface area contributed by atoms with Gasteiger partial charge in [-0.1, -0.05) is 0 Å². The molecule has 0 aliphatic carbocycles. The molecule has 0 spiro atoms. The maximum Gasteiger partial charge on any atom is 0.229 e. The zero-order chi connectivity index (χ0) is 14.2. The standard InChI is InChI=1S/C16H27N2O2/c1-18-10-3-2-7-14(18)13(6-5-11-18)12-17-15(19)8-4-9-16(17)20/h13-14H,2-12H2,1H3/q+1/t13-,14+,18?/m0/s1. The van der Waals surface area contributed by atoms with Gasteiger partial charge in [0.1, 0.15) is 0 Å². The lowest BCUT2D eigenvalue weighted by atomic mass is 9.81. The normalized spacial score (nSPS) is 38.8. The Kier molecular flexibility index (Phi) is 3.85. The molecule has 3 aliphatic heterocycles. The molecule has 0 saturated carbocycles. The predicted molar refractivity (Wildman–Crippen MR) is 76.9 cm³/mol. The predicted octanol–water partition coefficient (Wildman–Crippen LogP) is 1.93. The molecule has 0 aromatic rings. The van der Waals surface area contributed by atoms with Crippen molar-refractivity contribution in [2.24, 2.45) is 5.92 Å². The minimum Gasteiger partial charge on any atom is -0.323 e. The van der Waals surface area contributed by atoms with Crippen molar-refractivity contribution in [3.63, 3.8) is 0 Å². The van der Waals surface area contributed by atoms with Gasteiger partial charge in [-0.25, -0.2) is 0 Å². The molecule has 112 valence electrons. The van der Waals surface area contributed by atoms with E-state index in [2.05, 4.69) is 7.05 Å². The summed E-state index contributed by atoms with van der Waals surface area (Å²) < 4.78 is 1.18. The third-order valence-corrected chi connectivity index (χ3v) is 5.81. The highest BCUT2D eigenvalue weighted by molar-refractivity contribution is 5.97. The Morgan fingerprint density at radius 3 is 2.45 bits per heavy atom. The fraction of sp³-hybridized carbons (Fsp3) is 0.875. The van der Waals surface area contributed by atoms with Crippen LogP contribution in [0.15, 0.2) is 0 Å². The second-order valence-corrected chi connectivity index (χ2v) is 7.14. The lowest BCUT2D eigenvalue weighted by Gasteiger charge is -2.51. The number of likely N-dealkylation sites (tertiary alicyclic amines) is 1. The van der Waals surface area contributed by atoms with Crippen LogP contribution >= 0.6 is 0 Å². The van der Waals surface area contributed by atoms with Crippen LogP contribution in [-0.4, -0.2) is 53.9 Å². The van der Waals surface area contributed by atoms with E-state index in [1.807, 2.05) is 0 Å². The van der Waals surface area contributed by atoms with E-state index < -0.39 is 0 Å². The van der Waals surface area contributed by atoms with Crippen molar-refractivity contribution in [1.82, 2.24) is 4.90 Å². The van der Waals surface area contributed by atoms with Crippen molar-refractivity contribution in [1.29, 1.82) is 0 Å². The van der Waals surface area contributed by atoms with Crippen LogP contribution in [0.1, 0.15) is 51.4 Å². The molecule has 0 aromatic carbocycles. The van der Waals surface area contributed by atoms with Crippen molar-refractivity contribution in [3.8, 4) is 0 Å². The summed E-state index contributed by atoms with van der Waals surface area (Å²) in [5.41, 5.74) is 0.